The molecular formula is C16H32N2O2. The molecule has 0 heterocycles. The third-order valence-electron chi connectivity index (χ3n) is 2.83. The Morgan fingerprint density at radius 2 is 1.80 bits per heavy atom. The van der Waals surface area contributed by atoms with Crippen LogP contribution in [0.15, 0.2) is 30.3 Å². The lowest BCUT2D eigenvalue weighted by Crippen LogP contribution is -2.32. The molecule has 118 valence electrons. The van der Waals surface area contributed by atoms with E-state index in [2.05, 4.69) is 12.2 Å². The van der Waals surface area contributed by atoms with Crippen LogP contribution in [-0.2, 0) is 11.3 Å². The van der Waals surface area contributed by atoms with E-state index >= 15 is 0 Å². The Kier molecular flexibility index (Phi) is 10.4. The Labute approximate surface area is 125 Å². The van der Waals surface area contributed by atoms with Crippen molar-refractivity contribution in [3.63, 3.8) is 0 Å². The largest absolute Gasteiger partial charge is 0.445 e. The summed E-state index contributed by atoms with van der Waals surface area (Å²) in [6, 6.07) is 10.2. The fourth-order valence-corrected chi connectivity index (χ4v) is 1.07. The minimum absolute atomic E-state index is 0. The Bertz CT molecular complexity index is 362. The van der Waals surface area contributed by atoms with E-state index in [0.29, 0.717) is 12.6 Å². The van der Waals surface area contributed by atoms with Gasteiger partial charge in [0, 0.05) is 14.9 Å². The number of hydrogen-bond donors (Lipinski definition) is 2. The molecule has 1 rings (SSSR count). The monoisotopic (exact) mass is 286 g/mol. The summed E-state index contributed by atoms with van der Waals surface area (Å²) >= 11 is 0. The number of carbonyl (C=O) groups is 1. The molecule has 0 unspecified atom stereocenters. The van der Waals surface area contributed by atoms with Crippen molar-refractivity contribution in [1.82, 2.24) is 5.32 Å². The molecule has 4 nitrogen and oxygen atoms in total. The van der Waals surface area contributed by atoms with Crippen LogP contribution in [-0.4, -0.2) is 18.2 Å². The number of ether oxygens (including phenoxy) is 1. The van der Waals surface area contributed by atoms with Crippen molar-refractivity contribution in [2.24, 2.45) is 5.73 Å². The normalized spacial score (nSPS) is 12.7. The lowest BCUT2D eigenvalue weighted by molar-refractivity contribution is 0.136. The number of amides is 1. The van der Waals surface area contributed by atoms with Crippen LogP contribution in [0.1, 0.15) is 49.0 Å². The molecular weight excluding hydrogens is 252 g/mol. The van der Waals surface area contributed by atoms with Gasteiger partial charge in [-0.25, -0.2) is 4.79 Å². The van der Waals surface area contributed by atoms with Gasteiger partial charge in [0.05, 0.1) is 0 Å². The first-order valence-corrected chi connectivity index (χ1v) is 7.22. The third-order valence-corrected chi connectivity index (χ3v) is 2.83. The third kappa shape index (κ3) is 10.4. The first kappa shape index (κ1) is 18.4. The summed E-state index contributed by atoms with van der Waals surface area (Å²) in [7, 11) is 0. The fraction of sp³-hybridized carbons (Fsp3) is 0.562. The second-order valence-electron chi connectivity index (χ2n) is 4.90. The second kappa shape index (κ2) is 11.3. The summed E-state index contributed by atoms with van der Waals surface area (Å²) in [6.45, 7) is 8.36. The summed E-state index contributed by atoms with van der Waals surface area (Å²) in [5.74, 6) is 0. The van der Waals surface area contributed by atoms with E-state index in [1.54, 1.807) is 0 Å². The number of benzene rings is 1. The number of carbonyl (C=O) groups excluding carboxylic acids is 1. The minimum atomic E-state index is -0.354. The number of nitrogens with one attached hydrogen (secondary N) is 1. The van der Waals surface area contributed by atoms with Gasteiger partial charge in [-0.05, 0) is 32.3 Å². The van der Waals surface area contributed by atoms with Crippen LogP contribution in [0, 0.1) is 0 Å². The summed E-state index contributed by atoms with van der Waals surface area (Å²) < 4.78 is 5.05. The maximum atomic E-state index is 11.3. The van der Waals surface area contributed by atoms with Gasteiger partial charge < -0.3 is 15.8 Å². The molecule has 0 aliphatic carbocycles. The highest BCUT2D eigenvalue weighted by molar-refractivity contribution is 5.67. The van der Waals surface area contributed by atoms with Crippen molar-refractivity contribution in [3.8, 4) is 0 Å². The molecule has 0 bridgehead atoms. The van der Waals surface area contributed by atoms with E-state index in [4.69, 9.17) is 10.5 Å². The van der Waals surface area contributed by atoms with Gasteiger partial charge in [-0.15, -0.1) is 0 Å². The zero-order valence-electron chi connectivity index (χ0n) is 13.1. The van der Waals surface area contributed by atoms with Gasteiger partial charge in [-0.1, -0.05) is 44.2 Å². The smallest absolute Gasteiger partial charge is 0.407 e. The zero-order valence-corrected chi connectivity index (χ0v) is 13.1. The summed E-state index contributed by atoms with van der Waals surface area (Å²) in [6.07, 6.45) is 1.63. The number of hydrogen-bond acceptors (Lipinski definition) is 3. The average molecular weight is 286 g/mol. The molecule has 0 aromatic heterocycles. The van der Waals surface area contributed by atoms with Crippen LogP contribution < -0.4 is 11.1 Å². The molecule has 0 saturated carbocycles. The van der Waals surface area contributed by atoms with Gasteiger partial charge in [-0.3, -0.25) is 0 Å². The summed E-state index contributed by atoms with van der Waals surface area (Å²) in [4.78, 5) is 11.3. The lowest BCUT2D eigenvalue weighted by Gasteiger charge is -2.11. The molecule has 0 aliphatic rings. The first-order chi connectivity index (χ1) is 9.49. The molecule has 0 spiro atoms. The maximum absolute atomic E-state index is 11.3. The van der Waals surface area contributed by atoms with Crippen molar-refractivity contribution < 1.29 is 12.4 Å². The molecule has 20 heavy (non-hydrogen) atoms. The van der Waals surface area contributed by atoms with Crippen LogP contribution in [0.3, 0.4) is 0 Å². The highest BCUT2D eigenvalue weighted by atomic mass is 16.5. The first-order valence-electron chi connectivity index (χ1n) is 7.22. The van der Waals surface area contributed by atoms with E-state index in [9.17, 15) is 4.79 Å². The van der Waals surface area contributed by atoms with Crippen LogP contribution in [0.4, 0.5) is 4.79 Å². The maximum Gasteiger partial charge on any atom is 0.407 e. The Morgan fingerprint density at radius 1 is 1.25 bits per heavy atom. The van der Waals surface area contributed by atoms with Gasteiger partial charge in [0.15, 0.2) is 0 Å². The van der Waals surface area contributed by atoms with E-state index < -0.39 is 0 Å². The van der Waals surface area contributed by atoms with Gasteiger partial charge in [0.25, 0.3) is 0 Å². The number of rotatable bonds is 5. The van der Waals surface area contributed by atoms with Crippen LogP contribution >= 0.6 is 0 Å². The number of nitrogens with two attached hydrogens (primary N) is 1. The highest BCUT2D eigenvalue weighted by Crippen LogP contribution is 2.00. The van der Waals surface area contributed by atoms with Crippen molar-refractivity contribution in [1.29, 1.82) is 0 Å². The molecule has 1 amide bonds. The van der Waals surface area contributed by atoms with Crippen molar-refractivity contribution in [3.05, 3.63) is 35.9 Å². The molecule has 4 heteroatoms. The van der Waals surface area contributed by atoms with E-state index in [1.165, 1.54) is 0 Å². The van der Waals surface area contributed by atoms with Crippen molar-refractivity contribution >= 4 is 6.09 Å². The molecule has 3 N–H and O–H groups in total. The SMILES string of the molecule is CC[C@H](C)N.CC[C@H](C)NC(=O)OCc1ccccc1.[2HH].[2HH]. The predicted molar refractivity (Wildman–Crippen MR) is 87.7 cm³/mol. The second-order valence-corrected chi connectivity index (χ2v) is 4.90. The van der Waals surface area contributed by atoms with Gasteiger partial charge in [0.1, 0.15) is 6.61 Å². The van der Waals surface area contributed by atoms with Crippen molar-refractivity contribution in [2.45, 2.75) is 59.2 Å². The van der Waals surface area contributed by atoms with Gasteiger partial charge >= 0.3 is 6.09 Å². The van der Waals surface area contributed by atoms with E-state index in [-0.39, 0.29) is 15.0 Å². The average Bonchev–Trinajstić information content (AvgIpc) is 2.46. The Balaban J connectivity index is -0.000000452. The van der Waals surface area contributed by atoms with Gasteiger partial charge in [-0.2, -0.15) is 0 Å². The van der Waals surface area contributed by atoms with Gasteiger partial charge in [0.2, 0.25) is 0 Å². The molecule has 1 aromatic carbocycles. The Morgan fingerprint density at radius 3 is 2.25 bits per heavy atom. The van der Waals surface area contributed by atoms with E-state index in [0.717, 1.165) is 18.4 Å². The summed E-state index contributed by atoms with van der Waals surface area (Å²) in [5, 5.41) is 2.74. The highest BCUT2D eigenvalue weighted by Gasteiger charge is 2.05. The van der Waals surface area contributed by atoms with E-state index in [1.807, 2.05) is 51.1 Å². The molecule has 0 radical (unpaired) electrons. The zero-order chi connectivity index (χ0) is 15.4. The fourth-order valence-electron chi connectivity index (χ4n) is 1.07. The predicted octanol–water partition coefficient (Wildman–Crippen LogP) is 3.95. The minimum Gasteiger partial charge on any atom is -0.445 e. The lowest BCUT2D eigenvalue weighted by atomic mass is 10.2. The standard InChI is InChI=1S/C12H17NO2.C4H11N.2H2/c1-3-10(2)13-12(14)15-9-11-7-5-4-6-8-11;1-3-4(2)5;;/h4-8,10H,3,9H2,1-2H3,(H,13,14);4H,3,5H2,1-2H3;2*1H/t10-;4-;;/m00../s1/i;;2*1+1. The summed E-state index contributed by atoms with van der Waals surface area (Å²) in [5.41, 5.74) is 6.29. The van der Waals surface area contributed by atoms with Crippen LogP contribution in [0.25, 0.3) is 0 Å². The quantitative estimate of drug-likeness (QED) is 0.861. The number of alkyl carbamates (subject to hydrolysis) is 1. The van der Waals surface area contributed by atoms with Crippen LogP contribution in [0.2, 0.25) is 0 Å². The topological polar surface area (TPSA) is 64.3 Å². The van der Waals surface area contributed by atoms with Crippen molar-refractivity contribution in [2.75, 3.05) is 0 Å². The van der Waals surface area contributed by atoms with Crippen LogP contribution in [0.5, 0.6) is 0 Å². The Hall–Kier alpha value is -1.55. The molecule has 0 fully saturated rings. The molecule has 2 atom stereocenters. The molecule has 0 aliphatic heterocycles. The molecule has 0 saturated heterocycles. The molecule has 1 aromatic rings.